The summed E-state index contributed by atoms with van der Waals surface area (Å²) >= 11 is 4.40. The lowest BCUT2D eigenvalue weighted by Gasteiger charge is -2.37. The standard InChI is InChI=1S/C17H25F3N2O3S/c1-15(2,3)11(21-14(26)17(18,19)20)12(23)22-7-8-9(16(8,4)5)10(22)13(24)25-6/h8-11H,7H2,1-6H3,(H,21,26)/t8-,9-,10-,11+/m0/s1. The first kappa shape index (κ1) is 20.9. The van der Waals surface area contributed by atoms with Crippen molar-refractivity contribution in [3.05, 3.63) is 0 Å². The third-order valence-corrected chi connectivity index (χ3v) is 5.93. The number of likely N-dealkylation sites (tertiary alicyclic amines) is 1. The molecule has 0 bridgehead atoms. The highest BCUT2D eigenvalue weighted by Crippen LogP contribution is 2.65. The van der Waals surface area contributed by atoms with Crippen molar-refractivity contribution in [2.75, 3.05) is 13.7 Å². The molecule has 26 heavy (non-hydrogen) atoms. The number of carbonyl (C=O) groups excluding carboxylic acids is 2. The predicted molar refractivity (Wildman–Crippen MR) is 93.3 cm³/mol. The lowest BCUT2D eigenvalue weighted by Crippen LogP contribution is -2.59. The fourth-order valence-corrected chi connectivity index (χ4v) is 4.05. The van der Waals surface area contributed by atoms with Crippen LogP contribution < -0.4 is 5.32 Å². The summed E-state index contributed by atoms with van der Waals surface area (Å²) in [7, 11) is 1.24. The molecule has 0 aromatic heterocycles. The Labute approximate surface area is 156 Å². The maximum Gasteiger partial charge on any atom is 0.441 e. The molecule has 1 N–H and O–H groups in total. The minimum atomic E-state index is -4.73. The van der Waals surface area contributed by atoms with Crippen LogP contribution in [-0.2, 0) is 14.3 Å². The number of methoxy groups -OCH3 is 1. The second kappa shape index (κ2) is 6.35. The molecule has 1 amide bonds. The number of carbonyl (C=O) groups is 2. The van der Waals surface area contributed by atoms with Crippen molar-refractivity contribution in [2.45, 2.75) is 52.9 Å². The Morgan fingerprint density at radius 2 is 1.81 bits per heavy atom. The molecule has 4 atom stereocenters. The van der Waals surface area contributed by atoms with E-state index in [1.807, 2.05) is 13.8 Å². The number of amides is 1. The van der Waals surface area contributed by atoms with E-state index in [1.165, 1.54) is 12.0 Å². The molecule has 1 aliphatic carbocycles. The average molecular weight is 394 g/mol. The number of hydrogen-bond acceptors (Lipinski definition) is 4. The second-order valence-corrected chi connectivity index (χ2v) is 9.09. The monoisotopic (exact) mass is 394 g/mol. The van der Waals surface area contributed by atoms with Gasteiger partial charge in [0, 0.05) is 12.5 Å². The highest BCUT2D eigenvalue weighted by atomic mass is 32.1. The summed E-state index contributed by atoms with van der Waals surface area (Å²) in [5, 5.41) is 2.16. The average Bonchev–Trinajstić information content (AvgIpc) is 2.85. The summed E-state index contributed by atoms with van der Waals surface area (Å²) in [4.78, 5) is 25.4. The molecule has 0 unspecified atom stereocenters. The van der Waals surface area contributed by atoms with Crippen molar-refractivity contribution >= 4 is 29.1 Å². The molecule has 0 radical (unpaired) electrons. The van der Waals surface area contributed by atoms with Gasteiger partial charge >= 0.3 is 12.1 Å². The van der Waals surface area contributed by atoms with E-state index in [1.54, 1.807) is 20.8 Å². The summed E-state index contributed by atoms with van der Waals surface area (Å²) in [6.07, 6.45) is -4.73. The number of piperidine rings is 1. The lowest BCUT2D eigenvalue weighted by molar-refractivity contribution is -0.154. The molecule has 5 nitrogen and oxygen atoms in total. The number of halogens is 3. The van der Waals surface area contributed by atoms with Crippen LogP contribution in [0.1, 0.15) is 34.6 Å². The Kier molecular flexibility index (Phi) is 5.11. The summed E-state index contributed by atoms with van der Waals surface area (Å²) in [6, 6.07) is -1.98. The maximum absolute atomic E-state index is 13.1. The summed E-state index contributed by atoms with van der Waals surface area (Å²) < 4.78 is 43.4. The van der Waals surface area contributed by atoms with Crippen molar-refractivity contribution in [2.24, 2.45) is 22.7 Å². The van der Waals surface area contributed by atoms with Gasteiger partial charge in [0.05, 0.1) is 7.11 Å². The van der Waals surface area contributed by atoms with Gasteiger partial charge in [0.25, 0.3) is 0 Å². The number of alkyl halides is 3. The molecule has 1 aliphatic heterocycles. The number of rotatable bonds is 3. The molecule has 9 heteroatoms. The van der Waals surface area contributed by atoms with Gasteiger partial charge in [0.15, 0.2) is 4.99 Å². The maximum atomic E-state index is 13.1. The van der Waals surface area contributed by atoms with E-state index >= 15 is 0 Å². The zero-order valence-corrected chi connectivity index (χ0v) is 16.5. The van der Waals surface area contributed by atoms with Gasteiger partial charge in [0.1, 0.15) is 12.1 Å². The van der Waals surface area contributed by atoms with E-state index in [9.17, 15) is 22.8 Å². The number of esters is 1. The van der Waals surface area contributed by atoms with Crippen LogP contribution in [0.5, 0.6) is 0 Å². The zero-order chi connectivity index (χ0) is 20.2. The van der Waals surface area contributed by atoms with Crippen molar-refractivity contribution in [1.82, 2.24) is 10.2 Å². The molecule has 1 saturated carbocycles. The number of thiocarbonyl (C=S) groups is 1. The van der Waals surface area contributed by atoms with E-state index in [0.29, 0.717) is 6.54 Å². The number of hydrogen-bond donors (Lipinski definition) is 1. The highest BCUT2D eigenvalue weighted by molar-refractivity contribution is 7.80. The van der Waals surface area contributed by atoms with Gasteiger partial charge < -0.3 is 15.0 Å². The van der Waals surface area contributed by atoms with E-state index in [0.717, 1.165) is 0 Å². The summed E-state index contributed by atoms with van der Waals surface area (Å²) in [5.41, 5.74) is -0.934. The van der Waals surface area contributed by atoms with Crippen molar-refractivity contribution in [3.63, 3.8) is 0 Å². The van der Waals surface area contributed by atoms with E-state index in [4.69, 9.17) is 4.74 Å². The summed E-state index contributed by atoms with van der Waals surface area (Å²) in [5.74, 6) is -1.02. The second-order valence-electron chi connectivity index (χ2n) is 8.68. The normalized spacial score (nSPS) is 28.2. The van der Waals surface area contributed by atoms with Crippen LogP contribution in [0.2, 0.25) is 0 Å². The van der Waals surface area contributed by atoms with E-state index in [-0.39, 0.29) is 17.3 Å². The van der Waals surface area contributed by atoms with Gasteiger partial charge in [-0.15, -0.1) is 0 Å². The number of ether oxygens (including phenoxy) is 1. The molecule has 0 spiro atoms. The molecule has 1 saturated heterocycles. The zero-order valence-electron chi connectivity index (χ0n) is 15.7. The Morgan fingerprint density at radius 3 is 2.23 bits per heavy atom. The van der Waals surface area contributed by atoms with Crippen LogP contribution in [0, 0.1) is 22.7 Å². The fourth-order valence-electron chi connectivity index (χ4n) is 3.93. The molecule has 2 rings (SSSR count). The molecule has 2 fully saturated rings. The van der Waals surface area contributed by atoms with Crippen LogP contribution in [0.3, 0.4) is 0 Å². The van der Waals surface area contributed by atoms with Gasteiger partial charge in [-0.1, -0.05) is 46.8 Å². The van der Waals surface area contributed by atoms with Gasteiger partial charge in [-0.05, 0) is 16.7 Å². The predicted octanol–water partition coefficient (Wildman–Crippen LogP) is 2.54. The van der Waals surface area contributed by atoms with Crippen LogP contribution in [0.4, 0.5) is 13.2 Å². The molecular formula is C17H25F3N2O3S. The van der Waals surface area contributed by atoms with Crippen molar-refractivity contribution < 1.29 is 27.5 Å². The number of nitrogens with zero attached hydrogens (tertiary/aromatic N) is 1. The minimum Gasteiger partial charge on any atom is -0.467 e. The molecule has 2 aliphatic rings. The fraction of sp³-hybridized carbons (Fsp3) is 0.824. The van der Waals surface area contributed by atoms with Crippen molar-refractivity contribution in [1.29, 1.82) is 0 Å². The Hall–Kier alpha value is -1.38. The smallest absolute Gasteiger partial charge is 0.441 e. The van der Waals surface area contributed by atoms with Crippen LogP contribution in [0.15, 0.2) is 0 Å². The third kappa shape index (κ3) is 3.54. The largest absolute Gasteiger partial charge is 0.467 e. The molecule has 0 aromatic carbocycles. The molecule has 148 valence electrons. The van der Waals surface area contributed by atoms with Gasteiger partial charge in [-0.25, -0.2) is 4.79 Å². The van der Waals surface area contributed by atoms with Crippen LogP contribution in [0.25, 0.3) is 0 Å². The highest BCUT2D eigenvalue weighted by Gasteiger charge is 2.70. The summed E-state index contributed by atoms with van der Waals surface area (Å²) in [6.45, 7) is 9.29. The van der Waals surface area contributed by atoms with E-state index in [2.05, 4.69) is 17.5 Å². The quantitative estimate of drug-likeness (QED) is 0.589. The Balaban J connectivity index is 2.28. The van der Waals surface area contributed by atoms with Gasteiger partial charge in [-0.3, -0.25) is 4.79 Å². The lowest BCUT2D eigenvalue weighted by atomic mass is 9.85. The third-order valence-electron chi connectivity index (χ3n) is 5.58. The number of nitrogens with one attached hydrogen (secondary N) is 1. The van der Waals surface area contributed by atoms with Gasteiger partial charge in [0.2, 0.25) is 5.91 Å². The first-order valence-corrected chi connectivity index (χ1v) is 8.80. The Bertz CT molecular complexity index is 628. The Morgan fingerprint density at radius 1 is 1.27 bits per heavy atom. The SMILES string of the molecule is COC(=O)[C@@H]1[C@@H]2[C@H](CN1C(=O)[C@@H](NC(=S)C(F)(F)F)C(C)(C)C)C2(C)C. The minimum absolute atomic E-state index is 0.0471. The van der Waals surface area contributed by atoms with Gasteiger partial charge in [-0.2, -0.15) is 13.2 Å². The first-order chi connectivity index (χ1) is 11.6. The molecule has 1 heterocycles. The van der Waals surface area contributed by atoms with Crippen LogP contribution >= 0.6 is 12.2 Å². The van der Waals surface area contributed by atoms with E-state index < -0.39 is 40.5 Å². The molecular weight excluding hydrogens is 369 g/mol. The topological polar surface area (TPSA) is 58.6 Å². The number of fused-ring (bicyclic) bond motifs is 1. The van der Waals surface area contributed by atoms with Crippen molar-refractivity contribution in [3.8, 4) is 0 Å². The molecule has 0 aromatic rings. The van der Waals surface area contributed by atoms with Crippen LogP contribution in [-0.4, -0.2) is 53.7 Å². The first-order valence-electron chi connectivity index (χ1n) is 8.40.